The number of hydrogen-bond donors (Lipinski definition) is 1. The number of nitrogens with zero attached hydrogens (tertiary/aromatic N) is 3. The lowest BCUT2D eigenvalue weighted by Crippen LogP contribution is -2.55. The zero-order valence-electron chi connectivity index (χ0n) is 19.5. The molecule has 1 atom stereocenters. The van der Waals surface area contributed by atoms with Gasteiger partial charge in [0.1, 0.15) is 5.82 Å². The predicted octanol–water partition coefficient (Wildman–Crippen LogP) is 5.50. The van der Waals surface area contributed by atoms with Crippen LogP contribution in [0.3, 0.4) is 0 Å². The van der Waals surface area contributed by atoms with Crippen molar-refractivity contribution in [3.63, 3.8) is 0 Å². The molecule has 7 heteroatoms. The summed E-state index contributed by atoms with van der Waals surface area (Å²) >= 11 is 6.04. The smallest absolute Gasteiger partial charge is 0.229 e. The molecule has 1 aliphatic carbocycles. The monoisotopic (exact) mass is 481 g/mol. The van der Waals surface area contributed by atoms with Gasteiger partial charge >= 0.3 is 0 Å². The van der Waals surface area contributed by atoms with E-state index in [1.807, 2.05) is 24.0 Å². The zero-order valence-corrected chi connectivity index (χ0v) is 20.2. The molecule has 2 aromatic carbocycles. The molecule has 1 saturated carbocycles. The van der Waals surface area contributed by atoms with Crippen molar-refractivity contribution in [2.24, 2.45) is 5.41 Å². The number of aryl methyl sites for hydroxylation is 2. The molecular formula is C27H29ClFN3O2. The summed E-state index contributed by atoms with van der Waals surface area (Å²) in [6.07, 6.45) is 7.16. The van der Waals surface area contributed by atoms with E-state index >= 15 is 0 Å². The van der Waals surface area contributed by atoms with E-state index in [2.05, 4.69) is 30.1 Å². The van der Waals surface area contributed by atoms with Crippen LogP contribution in [0, 0.1) is 25.1 Å². The molecule has 2 aliphatic rings. The van der Waals surface area contributed by atoms with Crippen LogP contribution in [0.15, 0.2) is 48.9 Å². The van der Waals surface area contributed by atoms with Gasteiger partial charge < -0.3 is 14.6 Å². The number of aromatic nitrogens is 2. The first-order valence-corrected chi connectivity index (χ1v) is 12.2. The van der Waals surface area contributed by atoms with E-state index in [0.717, 1.165) is 37.1 Å². The zero-order chi connectivity index (χ0) is 24.0. The number of likely N-dealkylation sites (tertiary alicyclic amines) is 1. The van der Waals surface area contributed by atoms with Gasteiger partial charge in [0.25, 0.3) is 0 Å². The molecule has 5 rings (SSSR count). The van der Waals surface area contributed by atoms with Crippen molar-refractivity contribution in [2.45, 2.75) is 51.5 Å². The lowest BCUT2D eigenvalue weighted by Gasteiger charge is -2.53. The van der Waals surface area contributed by atoms with Crippen LogP contribution < -0.4 is 0 Å². The van der Waals surface area contributed by atoms with E-state index in [0.29, 0.717) is 18.0 Å². The van der Waals surface area contributed by atoms with Crippen LogP contribution >= 0.6 is 11.6 Å². The van der Waals surface area contributed by atoms with E-state index in [1.165, 1.54) is 23.3 Å². The topological polar surface area (TPSA) is 58.4 Å². The molecule has 1 saturated heterocycles. The number of hydrogen-bond acceptors (Lipinski definition) is 3. The molecule has 1 N–H and O–H groups in total. The van der Waals surface area contributed by atoms with E-state index in [1.54, 1.807) is 11.0 Å². The Hall–Kier alpha value is -2.70. The summed E-state index contributed by atoms with van der Waals surface area (Å²) in [6.45, 7) is 4.37. The Morgan fingerprint density at radius 1 is 1.24 bits per heavy atom. The highest BCUT2D eigenvalue weighted by atomic mass is 35.5. The summed E-state index contributed by atoms with van der Waals surface area (Å²) in [6, 6.07) is 10.1. The summed E-state index contributed by atoms with van der Waals surface area (Å²) in [7, 11) is 0. The van der Waals surface area contributed by atoms with Crippen molar-refractivity contribution in [1.82, 2.24) is 14.5 Å². The lowest BCUT2D eigenvalue weighted by atomic mass is 9.56. The highest BCUT2D eigenvalue weighted by Gasteiger charge is 2.54. The Morgan fingerprint density at radius 2 is 2.03 bits per heavy atom. The van der Waals surface area contributed by atoms with E-state index in [-0.39, 0.29) is 17.5 Å². The molecule has 5 nitrogen and oxygen atoms in total. The third-order valence-corrected chi connectivity index (χ3v) is 7.76. The van der Waals surface area contributed by atoms with Gasteiger partial charge in [-0.25, -0.2) is 9.37 Å². The maximum absolute atomic E-state index is 14.0. The van der Waals surface area contributed by atoms with Crippen LogP contribution in [-0.4, -0.2) is 38.6 Å². The molecule has 1 aliphatic heterocycles. The van der Waals surface area contributed by atoms with Crippen molar-refractivity contribution in [2.75, 3.05) is 13.2 Å². The Bertz CT molecular complexity index is 1210. The van der Waals surface area contributed by atoms with Crippen LogP contribution in [-0.2, 0) is 4.79 Å². The van der Waals surface area contributed by atoms with Crippen molar-refractivity contribution in [1.29, 1.82) is 0 Å². The first-order chi connectivity index (χ1) is 16.3. The summed E-state index contributed by atoms with van der Waals surface area (Å²) < 4.78 is 16.0. The number of aliphatic hydroxyl groups is 1. The molecule has 1 amide bonds. The largest absolute Gasteiger partial charge is 0.394 e. The van der Waals surface area contributed by atoms with Crippen molar-refractivity contribution < 1.29 is 14.3 Å². The van der Waals surface area contributed by atoms with Gasteiger partial charge in [-0.05, 0) is 86.4 Å². The second-order valence-electron chi connectivity index (χ2n) is 9.86. The Labute approximate surface area is 204 Å². The number of imidazole rings is 1. The number of carbonyl (C=O) groups is 1. The van der Waals surface area contributed by atoms with Gasteiger partial charge in [-0.15, -0.1) is 0 Å². The predicted molar refractivity (Wildman–Crippen MR) is 130 cm³/mol. The molecule has 0 bridgehead atoms. The van der Waals surface area contributed by atoms with Crippen LogP contribution in [0.5, 0.6) is 0 Å². The second-order valence-corrected chi connectivity index (χ2v) is 10.3. The summed E-state index contributed by atoms with van der Waals surface area (Å²) in [5, 5.41) is 10.4. The quantitative estimate of drug-likeness (QED) is 0.523. The molecule has 2 heterocycles. The molecule has 1 spiro atoms. The summed E-state index contributed by atoms with van der Waals surface area (Å²) in [5.74, 6) is -0.0671. The van der Waals surface area contributed by atoms with Gasteiger partial charge in [0.2, 0.25) is 5.91 Å². The Balaban J connectivity index is 1.33. The van der Waals surface area contributed by atoms with Gasteiger partial charge in [0.05, 0.1) is 30.1 Å². The third-order valence-electron chi connectivity index (χ3n) is 7.54. The highest BCUT2D eigenvalue weighted by Crippen LogP contribution is 2.57. The third kappa shape index (κ3) is 4.03. The Morgan fingerprint density at radius 3 is 2.68 bits per heavy atom. The number of carbonyl (C=O) groups excluding carboxylic acids is 1. The number of halogens is 2. The maximum atomic E-state index is 14.0. The molecular weight excluding hydrogens is 453 g/mol. The molecule has 34 heavy (non-hydrogen) atoms. The average Bonchev–Trinajstić information content (AvgIpc) is 3.19. The first-order valence-electron chi connectivity index (χ1n) is 11.8. The van der Waals surface area contributed by atoms with E-state index in [4.69, 9.17) is 11.6 Å². The fourth-order valence-corrected chi connectivity index (χ4v) is 6.05. The normalized spacial score (nSPS) is 23.3. The first kappa shape index (κ1) is 23.1. The van der Waals surface area contributed by atoms with Crippen LogP contribution in [0.2, 0.25) is 5.02 Å². The summed E-state index contributed by atoms with van der Waals surface area (Å²) in [4.78, 5) is 19.7. The highest BCUT2D eigenvalue weighted by molar-refractivity contribution is 6.30. The number of aliphatic hydroxyl groups excluding tert-OH is 1. The van der Waals surface area contributed by atoms with Crippen molar-refractivity contribution in [3.8, 4) is 5.69 Å². The molecule has 1 unspecified atom stereocenters. The fraction of sp³-hybridized carbons (Fsp3) is 0.407. The van der Waals surface area contributed by atoms with Crippen LogP contribution in [0.1, 0.15) is 60.0 Å². The van der Waals surface area contributed by atoms with Crippen molar-refractivity contribution >= 4 is 17.5 Å². The van der Waals surface area contributed by atoms with E-state index < -0.39 is 17.3 Å². The Kier molecular flexibility index (Phi) is 5.98. The molecule has 3 aromatic rings. The van der Waals surface area contributed by atoms with Gasteiger partial charge in [-0.1, -0.05) is 23.7 Å². The van der Waals surface area contributed by atoms with Crippen LogP contribution in [0.4, 0.5) is 4.39 Å². The number of benzene rings is 2. The average molecular weight is 482 g/mol. The molecule has 0 radical (unpaired) electrons. The minimum atomic E-state index is -0.586. The number of piperidine rings is 1. The van der Waals surface area contributed by atoms with Gasteiger partial charge in [0, 0.05) is 23.5 Å². The molecule has 178 valence electrons. The fourth-order valence-electron chi connectivity index (χ4n) is 5.82. The minimum Gasteiger partial charge on any atom is -0.394 e. The molecule has 1 aromatic heterocycles. The van der Waals surface area contributed by atoms with Gasteiger partial charge in [-0.2, -0.15) is 0 Å². The minimum absolute atomic E-state index is 0.0664. The second kappa shape index (κ2) is 8.82. The molecule has 2 fully saturated rings. The maximum Gasteiger partial charge on any atom is 0.229 e. The standard InChI is InChI=1S/C27H29ClFN3O2/c1-17-8-19(4-5-24(17)31-14-18(2)30-16-31)21-12-27(13-21)6-3-7-32(26(27)34)25(15-33)20-9-22(28)11-23(29)10-20/h4-5,8-11,14,16,21,25,33H,3,6-7,12-13,15H2,1-2H3. The van der Waals surface area contributed by atoms with Gasteiger partial charge in [-0.3, -0.25) is 4.79 Å². The van der Waals surface area contributed by atoms with E-state index in [9.17, 15) is 14.3 Å². The lowest BCUT2D eigenvalue weighted by molar-refractivity contribution is -0.158. The number of rotatable bonds is 5. The number of amides is 1. The summed E-state index contributed by atoms with van der Waals surface area (Å²) in [5.41, 5.74) is 4.65. The SMILES string of the molecule is Cc1cn(-c2ccc(C3CC4(CCCN(C(CO)c5cc(F)cc(Cl)c5)C4=O)C3)cc2C)cn1. The van der Waals surface area contributed by atoms with Gasteiger partial charge in [0.15, 0.2) is 0 Å². The van der Waals surface area contributed by atoms with Crippen LogP contribution in [0.25, 0.3) is 5.69 Å². The van der Waals surface area contributed by atoms with Crippen molar-refractivity contribution in [3.05, 3.63) is 82.1 Å².